The maximum Gasteiger partial charge on any atom is 0.293 e. The normalized spacial score (nSPS) is 10.9. The highest BCUT2D eigenvalue weighted by molar-refractivity contribution is 7.07. The molecule has 1 rings (SSSR count). The van der Waals surface area contributed by atoms with Crippen molar-refractivity contribution in [2.75, 3.05) is 19.7 Å². The van der Waals surface area contributed by atoms with Gasteiger partial charge in [-0.15, -0.1) is 0 Å². The molecular formula is C10H19N3OS. The van der Waals surface area contributed by atoms with E-state index in [1.54, 1.807) is 0 Å². The second-order valence-corrected chi connectivity index (χ2v) is 4.39. The third-order valence-corrected chi connectivity index (χ3v) is 2.51. The summed E-state index contributed by atoms with van der Waals surface area (Å²) in [7, 11) is 0. The van der Waals surface area contributed by atoms with Crippen LogP contribution in [0.15, 0.2) is 0 Å². The third-order valence-electron chi connectivity index (χ3n) is 1.87. The van der Waals surface area contributed by atoms with Gasteiger partial charge in [0.15, 0.2) is 0 Å². The summed E-state index contributed by atoms with van der Waals surface area (Å²) in [5.41, 5.74) is 0. The molecule has 86 valence electrons. The molecular weight excluding hydrogens is 210 g/mol. The number of nitrogens with one attached hydrogen (secondary N) is 1. The number of hydrogen-bond donors (Lipinski definition) is 1. The van der Waals surface area contributed by atoms with E-state index in [-0.39, 0.29) is 0 Å². The predicted molar refractivity (Wildman–Crippen MR) is 62.7 cm³/mol. The zero-order valence-electron chi connectivity index (χ0n) is 9.62. The van der Waals surface area contributed by atoms with E-state index in [0.29, 0.717) is 17.7 Å². The van der Waals surface area contributed by atoms with Crippen molar-refractivity contribution < 1.29 is 4.74 Å². The van der Waals surface area contributed by atoms with Crippen molar-refractivity contribution in [3.8, 4) is 5.19 Å². The Morgan fingerprint density at radius 1 is 1.40 bits per heavy atom. The molecule has 0 aliphatic carbocycles. The van der Waals surface area contributed by atoms with E-state index in [0.717, 1.165) is 25.3 Å². The van der Waals surface area contributed by atoms with Crippen LogP contribution < -0.4 is 10.1 Å². The van der Waals surface area contributed by atoms with Crippen LogP contribution in [0.1, 0.15) is 38.9 Å². The summed E-state index contributed by atoms with van der Waals surface area (Å²) in [5, 5.41) is 3.94. The van der Waals surface area contributed by atoms with Crippen LogP contribution in [0, 0.1) is 0 Å². The van der Waals surface area contributed by atoms with Crippen LogP contribution >= 0.6 is 11.5 Å². The molecule has 1 aromatic rings. The monoisotopic (exact) mass is 229 g/mol. The summed E-state index contributed by atoms with van der Waals surface area (Å²) < 4.78 is 9.68. The zero-order valence-corrected chi connectivity index (χ0v) is 10.4. The Bertz CT molecular complexity index is 275. The van der Waals surface area contributed by atoms with Gasteiger partial charge in [0, 0.05) is 24.0 Å². The van der Waals surface area contributed by atoms with E-state index in [9.17, 15) is 0 Å². The Labute approximate surface area is 95.2 Å². The van der Waals surface area contributed by atoms with Gasteiger partial charge in [0.1, 0.15) is 12.4 Å². The van der Waals surface area contributed by atoms with Crippen molar-refractivity contribution in [1.29, 1.82) is 0 Å². The van der Waals surface area contributed by atoms with Crippen molar-refractivity contribution >= 4 is 11.5 Å². The molecule has 15 heavy (non-hydrogen) atoms. The second kappa shape index (κ2) is 6.74. The van der Waals surface area contributed by atoms with Crippen LogP contribution in [0.25, 0.3) is 0 Å². The summed E-state index contributed by atoms with van der Waals surface area (Å²) >= 11 is 1.33. The Balaban J connectivity index is 2.20. The molecule has 0 bridgehead atoms. The molecule has 0 aliphatic rings. The maximum absolute atomic E-state index is 5.47. The molecule has 0 atom stereocenters. The van der Waals surface area contributed by atoms with Crippen molar-refractivity contribution in [3.63, 3.8) is 0 Å². The van der Waals surface area contributed by atoms with E-state index in [2.05, 4.69) is 35.4 Å². The number of aromatic nitrogens is 2. The first-order valence-electron chi connectivity index (χ1n) is 5.41. The average molecular weight is 229 g/mol. The fraction of sp³-hybridized carbons (Fsp3) is 0.800. The SMILES string of the molecule is CCCNCCOc1nc(C(C)C)ns1. The smallest absolute Gasteiger partial charge is 0.293 e. The summed E-state index contributed by atoms with van der Waals surface area (Å²) in [6, 6.07) is 0. The summed E-state index contributed by atoms with van der Waals surface area (Å²) in [6.45, 7) is 8.87. The number of ether oxygens (including phenoxy) is 1. The minimum absolute atomic E-state index is 0.372. The van der Waals surface area contributed by atoms with Gasteiger partial charge >= 0.3 is 0 Å². The Morgan fingerprint density at radius 2 is 2.20 bits per heavy atom. The molecule has 1 N–H and O–H groups in total. The van der Waals surface area contributed by atoms with E-state index < -0.39 is 0 Å². The van der Waals surface area contributed by atoms with Crippen LogP contribution in [0.4, 0.5) is 0 Å². The van der Waals surface area contributed by atoms with Crippen molar-refractivity contribution in [2.24, 2.45) is 0 Å². The van der Waals surface area contributed by atoms with Crippen molar-refractivity contribution in [3.05, 3.63) is 5.82 Å². The van der Waals surface area contributed by atoms with Gasteiger partial charge in [0.2, 0.25) is 0 Å². The summed E-state index contributed by atoms with van der Waals surface area (Å²) in [5.74, 6) is 1.24. The molecule has 4 nitrogen and oxygen atoms in total. The molecule has 1 heterocycles. The number of nitrogens with zero attached hydrogens (tertiary/aromatic N) is 2. The minimum atomic E-state index is 0.372. The summed E-state index contributed by atoms with van der Waals surface area (Å²) in [4.78, 5) is 4.28. The molecule has 0 saturated heterocycles. The zero-order chi connectivity index (χ0) is 11.1. The van der Waals surface area contributed by atoms with E-state index in [1.807, 2.05) is 0 Å². The molecule has 0 radical (unpaired) electrons. The molecule has 0 aromatic carbocycles. The third kappa shape index (κ3) is 4.57. The fourth-order valence-electron chi connectivity index (χ4n) is 1.03. The first kappa shape index (κ1) is 12.4. The fourth-order valence-corrected chi connectivity index (χ4v) is 1.72. The molecule has 0 spiro atoms. The quantitative estimate of drug-likeness (QED) is 0.727. The van der Waals surface area contributed by atoms with Gasteiger partial charge in [0.05, 0.1) is 0 Å². The van der Waals surface area contributed by atoms with Crippen LogP contribution in [0.5, 0.6) is 5.19 Å². The van der Waals surface area contributed by atoms with Crippen molar-refractivity contribution in [1.82, 2.24) is 14.7 Å². The summed E-state index contributed by atoms with van der Waals surface area (Å²) in [6.07, 6.45) is 1.15. The van der Waals surface area contributed by atoms with E-state index in [4.69, 9.17) is 4.74 Å². The Hall–Kier alpha value is -0.680. The lowest BCUT2D eigenvalue weighted by molar-refractivity contribution is 0.312. The van der Waals surface area contributed by atoms with Gasteiger partial charge in [-0.2, -0.15) is 9.36 Å². The van der Waals surface area contributed by atoms with Gasteiger partial charge in [0.25, 0.3) is 5.19 Å². The average Bonchev–Trinajstić information content (AvgIpc) is 2.66. The molecule has 0 fully saturated rings. The highest BCUT2D eigenvalue weighted by Gasteiger charge is 2.07. The van der Waals surface area contributed by atoms with Gasteiger partial charge in [-0.3, -0.25) is 0 Å². The number of rotatable bonds is 7. The molecule has 0 unspecified atom stereocenters. The standard InChI is InChI=1S/C10H19N3OS/c1-4-5-11-6-7-14-10-12-9(8(2)3)13-15-10/h8,11H,4-7H2,1-3H3. The topological polar surface area (TPSA) is 47.0 Å². The van der Waals surface area contributed by atoms with E-state index >= 15 is 0 Å². The first-order valence-corrected chi connectivity index (χ1v) is 6.18. The maximum atomic E-state index is 5.47. The molecule has 5 heteroatoms. The Kier molecular flexibility index (Phi) is 5.57. The molecule has 0 saturated carbocycles. The lowest BCUT2D eigenvalue weighted by atomic mass is 10.2. The second-order valence-electron chi connectivity index (χ2n) is 3.67. The molecule has 0 aliphatic heterocycles. The first-order chi connectivity index (χ1) is 7.24. The van der Waals surface area contributed by atoms with E-state index in [1.165, 1.54) is 11.5 Å². The van der Waals surface area contributed by atoms with Gasteiger partial charge in [-0.1, -0.05) is 20.8 Å². The molecule has 0 amide bonds. The number of hydrogen-bond acceptors (Lipinski definition) is 5. The minimum Gasteiger partial charge on any atom is -0.468 e. The highest BCUT2D eigenvalue weighted by atomic mass is 32.1. The van der Waals surface area contributed by atoms with Gasteiger partial charge in [-0.25, -0.2) is 0 Å². The van der Waals surface area contributed by atoms with Gasteiger partial charge in [-0.05, 0) is 13.0 Å². The van der Waals surface area contributed by atoms with Crippen LogP contribution in [0.2, 0.25) is 0 Å². The van der Waals surface area contributed by atoms with Crippen LogP contribution in [-0.4, -0.2) is 29.1 Å². The largest absolute Gasteiger partial charge is 0.468 e. The highest BCUT2D eigenvalue weighted by Crippen LogP contribution is 2.18. The molecule has 1 aromatic heterocycles. The van der Waals surface area contributed by atoms with Gasteiger partial charge < -0.3 is 10.1 Å². The Morgan fingerprint density at radius 3 is 2.80 bits per heavy atom. The lowest BCUT2D eigenvalue weighted by Gasteiger charge is -2.02. The van der Waals surface area contributed by atoms with Crippen LogP contribution in [-0.2, 0) is 0 Å². The van der Waals surface area contributed by atoms with Crippen molar-refractivity contribution in [2.45, 2.75) is 33.1 Å². The lowest BCUT2D eigenvalue weighted by Crippen LogP contribution is -2.21. The predicted octanol–water partition coefficient (Wildman–Crippen LogP) is 2.04. The van der Waals surface area contributed by atoms with Crippen LogP contribution in [0.3, 0.4) is 0 Å².